The lowest BCUT2D eigenvalue weighted by molar-refractivity contribution is -0.137. The van der Waals surface area contributed by atoms with Crippen molar-refractivity contribution in [2.24, 2.45) is 0 Å². The van der Waals surface area contributed by atoms with E-state index >= 15 is 0 Å². The molecule has 0 spiro atoms. The molecule has 27 heavy (non-hydrogen) atoms. The topological polar surface area (TPSA) is 57.7 Å². The van der Waals surface area contributed by atoms with E-state index in [4.69, 9.17) is 5.26 Å². The standard InChI is InChI=1S/C19H22F3N5/c1-3-26(16-8-7-14(11-23)18(10-16)19(20,21)22)15-5-4-6-17(9-15)27-13(2)12-24-25-27/h7-8,10,12,15,17H,3-6,9H2,1-2H3. The zero-order chi connectivity index (χ0) is 19.6. The maximum absolute atomic E-state index is 13.3. The SMILES string of the molecule is CCN(c1ccc(C#N)c(C(F)(F)F)c1)C1CCCC(n2nncc2C)C1. The van der Waals surface area contributed by atoms with Gasteiger partial charge in [-0.2, -0.15) is 18.4 Å². The Morgan fingerprint density at radius 3 is 2.70 bits per heavy atom. The summed E-state index contributed by atoms with van der Waals surface area (Å²) in [5, 5.41) is 17.1. The highest BCUT2D eigenvalue weighted by atomic mass is 19.4. The summed E-state index contributed by atoms with van der Waals surface area (Å²) in [6, 6.07) is 5.94. The van der Waals surface area contributed by atoms with Gasteiger partial charge < -0.3 is 4.90 Å². The molecule has 0 radical (unpaired) electrons. The second kappa shape index (κ2) is 7.59. The first-order valence-corrected chi connectivity index (χ1v) is 9.10. The molecule has 0 saturated heterocycles. The van der Waals surface area contributed by atoms with Gasteiger partial charge >= 0.3 is 6.18 Å². The summed E-state index contributed by atoms with van der Waals surface area (Å²) in [5.74, 6) is 0. The van der Waals surface area contributed by atoms with Crippen LogP contribution in [0.5, 0.6) is 0 Å². The van der Waals surface area contributed by atoms with Gasteiger partial charge in [0.2, 0.25) is 0 Å². The van der Waals surface area contributed by atoms with Crippen molar-refractivity contribution < 1.29 is 13.2 Å². The molecule has 0 bridgehead atoms. The van der Waals surface area contributed by atoms with Crippen molar-refractivity contribution in [3.05, 3.63) is 41.2 Å². The van der Waals surface area contributed by atoms with E-state index in [9.17, 15) is 13.2 Å². The first-order valence-electron chi connectivity index (χ1n) is 9.10. The Hall–Kier alpha value is -2.56. The zero-order valence-electron chi connectivity index (χ0n) is 15.4. The normalized spacial score (nSPS) is 20.3. The van der Waals surface area contributed by atoms with E-state index in [2.05, 4.69) is 10.3 Å². The molecule has 1 fully saturated rings. The Labute approximate surface area is 156 Å². The number of alkyl halides is 3. The van der Waals surface area contributed by atoms with E-state index in [1.807, 2.05) is 23.4 Å². The Balaban J connectivity index is 1.89. The molecule has 5 nitrogen and oxygen atoms in total. The summed E-state index contributed by atoms with van der Waals surface area (Å²) in [7, 11) is 0. The van der Waals surface area contributed by atoms with Gasteiger partial charge in [-0.25, -0.2) is 4.68 Å². The molecule has 1 aromatic heterocycles. The van der Waals surface area contributed by atoms with Crippen molar-refractivity contribution in [2.45, 2.75) is 57.8 Å². The fourth-order valence-electron chi connectivity index (χ4n) is 3.99. The zero-order valence-corrected chi connectivity index (χ0v) is 15.4. The third-order valence-corrected chi connectivity index (χ3v) is 5.26. The third-order valence-electron chi connectivity index (χ3n) is 5.26. The summed E-state index contributed by atoms with van der Waals surface area (Å²) in [6.45, 7) is 4.49. The predicted molar refractivity (Wildman–Crippen MR) is 95.2 cm³/mol. The number of aryl methyl sites for hydroxylation is 1. The molecule has 0 N–H and O–H groups in total. The molecular weight excluding hydrogens is 355 g/mol. The first-order chi connectivity index (χ1) is 12.8. The van der Waals surface area contributed by atoms with E-state index in [-0.39, 0.29) is 17.6 Å². The maximum Gasteiger partial charge on any atom is 0.417 e. The lowest BCUT2D eigenvalue weighted by atomic mass is 9.89. The van der Waals surface area contributed by atoms with Gasteiger partial charge in [-0.3, -0.25) is 0 Å². The van der Waals surface area contributed by atoms with Crippen LogP contribution in [0.2, 0.25) is 0 Å². The van der Waals surface area contributed by atoms with Crippen LogP contribution in [0.25, 0.3) is 0 Å². The van der Waals surface area contributed by atoms with Crippen molar-refractivity contribution >= 4 is 5.69 Å². The van der Waals surface area contributed by atoms with E-state index in [0.717, 1.165) is 37.4 Å². The molecule has 3 rings (SSSR count). The van der Waals surface area contributed by atoms with Crippen LogP contribution in [0, 0.1) is 18.3 Å². The molecule has 1 aliphatic rings. The first kappa shape index (κ1) is 19.2. The van der Waals surface area contributed by atoms with Crippen LogP contribution >= 0.6 is 0 Å². The van der Waals surface area contributed by atoms with Gasteiger partial charge in [0.1, 0.15) is 0 Å². The number of rotatable bonds is 4. The molecule has 2 atom stereocenters. The number of nitrogens with zero attached hydrogens (tertiary/aromatic N) is 5. The number of aromatic nitrogens is 3. The van der Waals surface area contributed by atoms with Gasteiger partial charge in [0.15, 0.2) is 0 Å². The van der Waals surface area contributed by atoms with Crippen LogP contribution in [0.15, 0.2) is 24.4 Å². The van der Waals surface area contributed by atoms with E-state index in [1.165, 1.54) is 6.07 Å². The lowest BCUT2D eigenvalue weighted by Gasteiger charge is -2.39. The van der Waals surface area contributed by atoms with Gasteiger partial charge in [-0.05, 0) is 57.7 Å². The molecule has 2 unspecified atom stereocenters. The summed E-state index contributed by atoms with van der Waals surface area (Å²) in [5.41, 5.74) is 0.272. The quantitative estimate of drug-likeness (QED) is 0.788. The van der Waals surface area contributed by atoms with Gasteiger partial charge in [-0.15, -0.1) is 5.10 Å². The smallest absolute Gasteiger partial charge is 0.369 e. The van der Waals surface area contributed by atoms with Gasteiger partial charge in [-0.1, -0.05) is 5.21 Å². The molecule has 0 amide bonds. The molecule has 0 aliphatic heterocycles. The Morgan fingerprint density at radius 1 is 1.33 bits per heavy atom. The Kier molecular flexibility index (Phi) is 5.40. The molecule has 1 aromatic carbocycles. The largest absolute Gasteiger partial charge is 0.417 e. The summed E-state index contributed by atoms with van der Waals surface area (Å²) in [4.78, 5) is 2.01. The number of benzene rings is 1. The highest BCUT2D eigenvalue weighted by Crippen LogP contribution is 2.37. The third kappa shape index (κ3) is 3.92. The average molecular weight is 377 g/mol. The number of nitriles is 1. The van der Waals surface area contributed by atoms with E-state index in [1.54, 1.807) is 18.3 Å². The average Bonchev–Trinajstić information content (AvgIpc) is 3.08. The van der Waals surface area contributed by atoms with Crippen LogP contribution in [-0.2, 0) is 6.18 Å². The van der Waals surface area contributed by atoms with Gasteiger partial charge in [0.05, 0.1) is 35.1 Å². The predicted octanol–water partition coefficient (Wildman–Crippen LogP) is 4.49. The lowest BCUT2D eigenvalue weighted by Crippen LogP contribution is -2.40. The molecule has 1 aliphatic carbocycles. The summed E-state index contributed by atoms with van der Waals surface area (Å²) in [6.07, 6.45) is 0.858. The summed E-state index contributed by atoms with van der Waals surface area (Å²) >= 11 is 0. The van der Waals surface area contributed by atoms with Crippen LogP contribution in [0.1, 0.15) is 55.5 Å². The minimum absolute atomic E-state index is 0.117. The minimum atomic E-state index is -4.55. The van der Waals surface area contributed by atoms with Crippen molar-refractivity contribution in [3.63, 3.8) is 0 Å². The molecule has 1 saturated carbocycles. The fourth-order valence-corrected chi connectivity index (χ4v) is 3.99. The van der Waals surface area contributed by atoms with Crippen molar-refractivity contribution in [3.8, 4) is 6.07 Å². The second-order valence-corrected chi connectivity index (χ2v) is 6.92. The highest BCUT2D eigenvalue weighted by molar-refractivity contribution is 5.55. The second-order valence-electron chi connectivity index (χ2n) is 6.92. The highest BCUT2D eigenvalue weighted by Gasteiger charge is 2.35. The number of anilines is 1. The Bertz CT molecular complexity index is 837. The number of halogens is 3. The van der Waals surface area contributed by atoms with Crippen molar-refractivity contribution in [1.82, 2.24) is 15.0 Å². The van der Waals surface area contributed by atoms with Crippen LogP contribution in [-0.4, -0.2) is 27.6 Å². The minimum Gasteiger partial charge on any atom is -0.369 e. The van der Waals surface area contributed by atoms with Crippen molar-refractivity contribution in [1.29, 1.82) is 5.26 Å². The van der Waals surface area contributed by atoms with Crippen LogP contribution in [0.3, 0.4) is 0 Å². The maximum atomic E-state index is 13.3. The molecule has 1 heterocycles. The van der Waals surface area contributed by atoms with E-state index < -0.39 is 11.7 Å². The molecule has 8 heteroatoms. The molecular formula is C19H22F3N5. The number of hydrogen-bond donors (Lipinski definition) is 0. The monoisotopic (exact) mass is 377 g/mol. The van der Waals surface area contributed by atoms with Crippen LogP contribution < -0.4 is 4.90 Å². The van der Waals surface area contributed by atoms with Crippen molar-refractivity contribution in [2.75, 3.05) is 11.4 Å². The fraction of sp³-hybridized carbons (Fsp3) is 0.526. The Morgan fingerprint density at radius 2 is 2.11 bits per heavy atom. The van der Waals surface area contributed by atoms with Gasteiger partial charge in [0, 0.05) is 18.3 Å². The summed E-state index contributed by atoms with van der Waals surface area (Å²) < 4.78 is 41.9. The van der Waals surface area contributed by atoms with E-state index in [0.29, 0.717) is 12.2 Å². The van der Waals surface area contributed by atoms with Crippen LogP contribution in [0.4, 0.5) is 18.9 Å². The molecule has 144 valence electrons. The number of hydrogen-bond acceptors (Lipinski definition) is 4. The van der Waals surface area contributed by atoms with Gasteiger partial charge in [0.25, 0.3) is 0 Å². The molecule has 2 aromatic rings.